The number of aliphatic hydroxyl groups is 1. The molecule has 4 aliphatic rings. The van der Waals surface area contributed by atoms with Crippen LogP contribution in [0.1, 0.15) is 251 Å². The first-order valence-electron chi connectivity index (χ1n) is 44.3. The Morgan fingerprint density at radius 1 is 0.397 bits per heavy atom. The predicted molar refractivity (Wildman–Crippen MR) is 446 cm³/mol. The third kappa shape index (κ3) is 39.8. The molecule has 20 unspecified atom stereocenters. The summed E-state index contributed by atoms with van der Waals surface area (Å²) >= 11 is 0. The van der Waals surface area contributed by atoms with Gasteiger partial charge in [-0.25, -0.2) is 14.2 Å². The molecule has 44 nitrogen and oxygen atoms in total. The lowest BCUT2D eigenvalue weighted by Gasteiger charge is -2.52. The largest absolute Gasteiger partial charge is 0.474 e. The normalized spacial score (nSPS) is 25.8. The molecule has 4 heterocycles. The third-order valence-corrected chi connectivity index (χ3v) is 22.8. The van der Waals surface area contributed by atoms with Gasteiger partial charge in [-0.05, 0) is 25.7 Å². The van der Waals surface area contributed by atoms with Crippen LogP contribution < -0.4 is 10.6 Å². The van der Waals surface area contributed by atoms with Crippen LogP contribution in [-0.4, -0.2) is 290 Å². The lowest BCUT2D eigenvalue weighted by Crippen LogP contribution is -2.69. The second-order valence-electron chi connectivity index (χ2n) is 32.4. The van der Waals surface area contributed by atoms with Gasteiger partial charge in [0, 0.05) is 104 Å². The zero-order valence-corrected chi connectivity index (χ0v) is 79.3. The second-order valence-corrected chi connectivity index (χ2v) is 34.2. The molecule has 3 N–H and O–H groups in total. The first-order chi connectivity index (χ1) is 61.9. The van der Waals surface area contributed by atoms with E-state index >= 15 is 14.4 Å². The summed E-state index contributed by atoms with van der Waals surface area (Å²) in [4.78, 5) is 217. The summed E-state index contributed by atoms with van der Waals surface area (Å²) in [5.41, 5.74) is 0. The molecule has 0 aromatic carbocycles. The number of hydrogen-bond donors (Lipinski definition) is 3. The fourth-order valence-electron chi connectivity index (χ4n) is 15.7. The van der Waals surface area contributed by atoms with E-state index in [0.717, 1.165) is 208 Å². The van der Waals surface area contributed by atoms with Crippen LogP contribution in [0, 0.1) is 11.8 Å². The van der Waals surface area contributed by atoms with Crippen molar-refractivity contribution in [3.63, 3.8) is 0 Å². The molecule has 0 spiro atoms. The number of carbonyl (C=O) groups is 16. The van der Waals surface area contributed by atoms with Gasteiger partial charge >= 0.3 is 91.4 Å². The van der Waals surface area contributed by atoms with Gasteiger partial charge in [-0.1, -0.05) is 117 Å². The first-order valence-corrected chi connectivity index (χ1v) is 45.7. The molecular weight excluding hydrogens is 1760 g/mol. The zero-order chi connectivity index (χ0) is 97.9. The van der Waals surface area contributed by atoms with Gasteiger partial charge in [-0.2, -0.15) is 0 Å². The SMILES string of the molecule is CCCCCCCCCCCC(CC(=O)NC1C(O)OC(COC2OC(COC3(C(=O)OC)CC(OC4(C(=O)OC)CC(OC(C)=O)C(OC(C)=O)C(C(COC(C)=O)COC(C)=O)O4)C(OC(C)=O)C(C(COC(C)=O)COC(C)=O)O3)C(OP(=O)(OC)OC)C(OC(C)=O)C2NC(=O)CC(CCCCCCCCCCC)OC(C)=O)C(OC(C)=O)C1OC(C)=O)OC(C)=O. The quantitative estimate of drug-likeness (QED) is 0.0254. The molecule has 4 saturated heterocycles. The van der Waals surface area contributed by atoms with Crippen LogP contribution in [0.4, 0.5) is 0 Å². The summed E-state index contributed by atoms with van der Waals surface area (Å²) in [6.45, 7) is 10.2. The molecule has 748 valence electrons. The lowest BCUT2D eigenvalue weighted by molar-refractivity contribution is -0.377. The molecule has 45 heteroatoms. The highest BCUT2D eigenvalue weighted by molar-refractivity contribution is 7.48. The number of esters is 14. The van der Waals surface area contributed by atoms with Gasteiger partial charge in [0.25, 0.3) is 11.6 Å². The van der Waals surface area contributed by atoms with E-state index in [0.29, 0.717) is 19.3 Å². The van der Waals surface area contributed by atoms with Crippen molar-refractivity contribution < 1.29 is 199 Å². The van der Waals surface area contributed by atoms with E-state index in [1.165, 1.54) is 0 Å². The Morgan fingerprint density at radius 3 is 1.14 bits per heavy atom. The number of nitrogens with one attached hydrogen (secondary N) is 2. The number of rotatable bonds is 58. The van der Waals surface area contributed by atoms with Crippen LogP contribution in [0.5, 0.6) is 0 Å². The third-order valence-electron chi connectivity index (χ3n) is 21.4. The highest BCUT2D eigenvalue weighted by Crippen LogP contribution is 2.52. The van der Waals surface area contributed by atoms with Crippen LogP contribution in [0.2, 0.25) is 0 Å². The predicted octanol–water partition coefficient (Wildman–Crippen LogP) is 6.48. The molecular formula is C86H137N2O42P. The minimum Gasteiger partial charge on any atom is -0.465 e. The smallest absolute Gasteiger partial charge is 0.465 e. The van der Waals surface area contributed by atoms with Crippen molar-refractivity contribution >= 4 is 103 Å². The summed E-state index contributed by atoms with van der Waals surface area (Å²) in [5.74, 6) is -26.8. The fourth-order valence-corrected chi connectivity index (χ4v) is 16.6. The molecule has 0 aromatic heterocycles. The van der Waals surface area contributed by atoms with Gasteiger partial charge in [-0.15, -0.1) is 0 Å². The van der Waals surface area contributed by atoms with Crippen molar-refractivity contribution in [3.8, 4) is 0 Å². The first kappa shape index (κ1) is 115. The Labute approximate surface area is 762 Å². The van der Waals surface area contributed by atoms with Gasteiger partial charge in [0.1, 0.15) is 67.0 Å². The summed E-state index contributed by atoms with van der Waals surface area (Å²) in [6, 6.07) is -3.83. The molecule has 4 aliphatic heterocycles. The Balaban J connectivity index is 2.13. The number of phosphoric acid groups is 1. The van der Waals surface area contributed by atoms with E-state index in [9.17, 15) is 72.0 Å². The number of phosphoric ester groups is 1. The summed E-state index contributed by atoms with van der Waals surface area (Å²) in [7, 11) is -1.75. The Morgan fingerprint density at radius 2 is 0.748 bits per heavy atom. The van der Waals surface area contributed by atoms with Crippen molar-refractivity contribution in [1.82, 2.24) is 10.6 Å². The number of amides is 2. The average Bonchev–Trinajstić information content (AvgIpc) is 0.736. The summed E-state index contributed by atoms with van der Waals surface area (Å²) < 4.78 is 157. The van der Waals surface area contributed by atoms with Gasteiger partial charge in [-0.3, -0.25) is 80.7 Å². The molecule has 0 bridgehead atoms. The van der Waals surface area contributed by atoms with E-state index in [4.69, 9.17) is 113 Å². The highest BCUT2D eigenvalue weighted by Gasteiger charge is 2.65. The Hall–Kier alpha value is -8.69. The molecule has 0 aliphatic carbocycles. The lowest BCUT2D eigenvalue weighted by atomic mass is 9.86. The molecule has 0 saturated carbocycles. The van der Waals surface area contributed by atoms with Crippen molar-refractivity contribution in [2.45, 2.75) is 373 Å². The minimum atomic E-state index is -5.09. The minimum absolute atomic E-state index is 0.133. The Bertz CT molecular complexity index is 3710. The topological polar surface area (TPSA) is 556 Å². The van der Waals surface area contributed by atoms with E-state index in [1.807, 2.05) is 0 Å². The van der Waals surface area contributed by atoms with Gasteiger partial charge in [0.2, 0.25) is 11.8 Å². The summed E-state index contributed by atoms with van der Waals surface area (Å²) in [5, 5.41) is 17.4. The maximum absolute atomic E-state index is 15.6. The van der Waals surface area contributed by atoms with E-state index in [2.05, 4.69) is 24.5 Å². The van der Waals surface area contributed by atoms with Crippen LogP contribution >= 0.6 is 7.82 Å². The zero-order valence-electron chi connectivity index (χ0n) is 78.4. The number of ether oxygens (including phenoxy) is 21. The second kappa shape index (κ2) is 58.5. The van der Waals surface area contributed by atoms with E-state index < -0.39 is 302 Å². The molecule has 20 atom stereocenters. The maximum atomic E-state index is 15.6. The van der Waals surface area contributed by atoms with Crippen molar-refractivity contribution in [2.75, 3.05) is 68.1 Å². The van der Waals surface area contributed by atoms with Gasteiger partial charge in [0.05, 0.1) is 85.0 Å². The van der Waals surface area contributed by atoms with Crippen LogP contribution in [0.25, 0.3) is 0 Å². The standard InChI is InChI=1S/C86H137N2O42P/c1-19-21-23-25-27-29-31-33-35-37-63(117-53(7)93)39-69(101)87-71-79(123-59(13)99)77(122-58(12)98)67(125-81(71)103)47-115-82-72(88-70(102)40-64(118-54(8)94)38-36-34-32-30-28-26-24-22-20-2)80(124-60(14)100)78(130-131(106,109-17)110-18)68(126-82)48-116-85(83(104)107-15)42-66(76(121-57(11)97)74(128-85)62(45-113-51(5)91)46-114-52(6)92)127-86(84(105)108-16)41-65(119-55(9)95)75(120-56(10)96)73(129-86)61(43-111-49(3)89)44-112-50(4)90/h61-68,71-82,103H,19-48H2,1-18H3,(H,87,101)(H,88,102). The average molecular weight is 1900 g/mol. The van der Waals surface area contributed by atoms with Crippen molar-refractivity contribution in [3.05, 3.63) is 0 Å². The molecule has 2 amide bonds. The van der Waals surface area contributed by atoms with E-state index in [1.54, 1.807) is 0 Å². The van der Waals surface area contributed by atoms with Crippen LogP contribution in [-0.2, 0) is 194 Å². The molecule has 131 heavy (non-hydrogen) atoms. The number of aliphatic hydroxyl groups excluding tert-OH is 1. The Kier molecular flexibility index (Phi) is 51.2. The number of methoxy groups -OCH3 is 2. The van der Waals surface area contributed by atoms with Crippen LogP contribution in [0.15, 0.2) is 0 Å². The van der Waals surface area contributed by atoms with Gasteiger partial charge < -0.3 is 115 Å². The number of unbranched alkanes of at least 4 members (excludes halogenated alkanes) is 16. The van der Waals surface area contributed by atoms with Crippen LogP contribution in [0.3, 0.4) is 0 Å². The summed E-state index contributed by atoms with van der Waals surface area (Å²) in [6.07, 6.45) is -17.7. The van der Waals surface area contributed by atoms with Crippen molar-refractivity contribution in [1.29, 1.82) is 0 Å². The maximum Gasteiger partial charge on any atom is 0.474 e. The fraction of sp³-hybridized carbons (Fsp3) is 0.814. The van der Waals surface area contributed by atoms with E-state index in [-0.39, 0.29) is 12.8 Å². The monoisotopic (exact) mass is 1900 g/mol. The molecule has 0 radical (unpaired) electrons. The molecule has 4 rings (SSSR count). The number of carbonyl (C=O) groups excluding carboxylic acids is 16. The van der Waals surface area contributed by atoms with Crippen molar-refractivity contribution in [2.24, 2.45) is 11.8 Å². The number of hydrogen-bond acceptors (Lipinski definition) is 42. The molecule has 4 fully saturated rings. The highest BCUT2D eigenvalue weighted by atomic mass is 31.2. The molecule has 0 aromatic rings. The van der Waals surface area contributed by atoms with Gasteiger partial charge in [0.15, 0.2) is 43.1 Å².